The fraction of sp³-hybridized carbons (Fsp3) is 0.440. The van der Waals surface area contributed by atoms with E-state index in [1.54, 1.807) is 0 Å². The van der Waals surface area contributed by atoms with E-state index >= 15 is 0 Å². The van der Waals surface area contributed by atoms with Crippen molar-refractivity contribution >= 4 is 0 Å². The lowest BCUT2D eigenvalue weighted by atomic mass is 10.1. The minimum Gasteiger partial charge on any atom is -0.494 e. The van der Waals surface area contributed by atoms with Gasteiger partial charge in [-0.2, -0.15) is 0 Å². The van der Waals surface area contributed by atoms with E-state index in [1.807, 2.05) is 24.3 Å². The fourth-order valence-corrected chi connectivity index (χ4v) is 2.81. The van der Waals surface area contributed by atoms with Gasteiger partial charge in [-0.25, -0.2) is 0 Å². The van der Waals surface area contributed by atoms with Gasteiger partial charge in [0.2, 0.25) is 0 Å². The van der Waals surface area contributed by atoms with E-state index in [9.17, 15) is 0 Å². The van der Waals surface area contributed by atoms with Gasteiger partial charge in [0, 0.05) is 11.1 Å². The van der Waals surface area contributed by atoms with Crippen LogP contribution in [0.5, 0.6) is 5.75 Å². The van der Waals surface area contributed by atoms with Gasteiger partial charge in [0.25, 0.3) is 0 Å². The van der Waals surface area contributed by atoms with Crippen LogP contribution in [0.15, 0.2) is 48.5 Å². The Morgan fingerprint density at radius 2 is 1.23 bits per heavy atom. The zero-order valence-electron chi connectivity index (χ0n) is 16.4. The minimum absolute atomic E-state index is 0.805. The first-order chi connectivity index (χ1) is 12.8. The third-order valence-corrected chi connectivity index (χ3v) is 4.50. The molecule has 2 aromatic rings. The molecule has 1 nitrogen and oxygen atoms in total. The first-order valence-corrected chi connectivity index (χ1v) is 10.2. The molecule has 1 heteroatoms. The van der Waals surface area contributed by atoms with E-state index in [0.29, 0.717) is 0 Å². The average molecular weight is 349 g/mol. The van der Waals surface area contributed by atoms with Crippen molar-refractivity contribution in [3.63, 3.8) is 0 Å². The largest absolute Gasteiger partial charge is 0.494 e. The molecule has 0 atom stereocenters. The molecule has 0 aliphatic heterocycles. The van der Waals surface area contributed by atoms with Crippen molar-refractivity contribution in [1.82, 2.24) is 0 Å². The van der Waals surface area contributed by atoms with Crippen LogP contribution >= 0.6 is 0 Å². The van der Waals surface area contributed by atoms with Gasteiger partial charge in [-0.15, -0.1) is 0 Å². The van der Waals surface area contributed by atoms with Crippen molar-refractivity contribution in [3.05, 3.63) is 65.2 Å². The normalized spacial score (nSPS) is 10.2. The zero-order chi connectivity index (χ0) is 18.5. The van der Waals surface area contributed by atoms with Crippen LogP contribution in [0.2, 0.25) is 0 Å². The molecule has 0 N–H and O–H groups in total. The minimum atomic E-state index is 0.805. The Morgan fingerprint density at radius 3 is 1.85 bits per heavy atom. The molecule has 138 valence electrons. The van der Waals surface area contributed by atoms with Gasteiger partial charge in [0.05, 0.1) is 6.61 Å². The molecule has 0 saturated heterocycles. The van der Waals surface area contributed by atoms with E-state index in [1.165, 1.54) is 44.1 Å². The summed E-state index contributed by atoms with van der Waals surface area (Å²) in [5, 5.41) is 0. The summed E-state index contributed by atoms with van der Waals surface area (Å²) in [5.74, 6) is 7.42. The summed E-state index contributed by atoms with van der Waals surface area (Å²) in [4.78, 5) is 0. The first kappa shape index (κ1) is 20.1. The molecule has 0 aromatic heterocycles. The lowest BCUT2D eigenvalue weighted by Gasteiger charge is -2.05. The maximum Gasteiger partial charge on any atom is 0.119 e. The summed E-state index contributed by atoms with van der Waals surface area (Å²) in [5.41, 5.74) is 3.49. The summed E-state index contributed by atoms with van der Waals surface area (Å²) in [6.07, 6.45) is 9.96. The van der Waals surface area contributed by atoms with Gasteiger partial charge in [-0.1, -0.05) is 69.9 Å². The highest BCUT2D eigenvalue weighted by atomic mass is 16.5. The number of rotatable bonds is 10. The molecule has 2 rings (SSSR count). The van der Waals surface area contributed by atoms with Crippen molar-refractivity contribution < 1.29 is 4.74 Å². The second-order valence-electron chi connectivity index (χ2n) is 6.84. The molecule has 0 spiro atoms. The molecule has 0 unspecified atom stereocenters. The van der Waals surface area contributed by atoms with Crippen LogP contribution in [0.25, 0.3) is 0 Å². The molecule has 0 aliphatic carbocycles. The van der Waals surface area contributed by atoms with Crippen LogP contribution in [0.3, 0.4) is 0 Å². The van der Waals surface area contributed by atoms with Crippen molar-refractivity contribution in [2.24, 2.45) is 0 Å². The average Bonchev–Trinajstić information content (AvgIpc) is 2.69. The Labute approximate surface area is 159 Å². The lowest BCUT2D eigenvalue weighted by molar-refractivity contribution is 0.304. The summed E-state index contributed by atoms with van der Waals surface area (Å²) in [7, 11) is 0. The fourth-order valence-electron chi connectivity index (χ4n) is 2.81. The first-order valence-electron chi connectivity index (χ1n) is 10.2. The Hall–Kier alpha value is -2.20. The number of aryl methyl sites for hydroxylation is 1. The number of hydrogen-bond acceptors (Lipinski definition) is 1. The molecule has 26 heavy (non-hydrogen) atoms. The van der Waals surface area contributed by atoms with Crippen molar-refractivity contribution in [2.45, 2.75) is 65.2 Å². The zero-order valence-corrected chi connectivity index (χ0v) is 16.4. The van der Waals surface area contributed by atoms with Crippen LogP contribution < -0.4 is 4.74 Å². The highest BCUT2D eigenvalue weighted by molar-refractivity contribution is 5.44. The Bertz CT molecular complexity index is 671. The molecule has 0 heterocycles. The van der Waals surface area contributed by atoms with E-state index < -0.39 is 0 Å². The van der Waals surface area contributed by atoms with Crippen LogP contribution in [0.4, 0.5) is 0 Å². The topological polar surface area (TPSA) is 9.23 Å². The van der Waals surface area contributed by atoms with Crippen molar-refractivity contribution in [1.29, 1.82) is 0 Å². The van der Waals surface area contributed by atoms with E-state index in [4.69, 9.17) is 4.74 Å². The molecule has 0 amide bonds. The highest BCUT2D eigenvalue weighted by Gasteiger charge is 1.95. The molecule has 0 radical (unpaired) electrons. The van der Waals surface area contributed by atoms with Crippen LogP contribution in [0, 0.1) is 11.8 Å². The van der Waals surface area contributed by atoms with E-state index in [2.05, 4.69) is 50.0 Å². The molecule has 0 fully saturated rings. The third-order valence-electron chi connectivity index (χ3n) is 4.50. The second kappa shape index (κ2) is 12.2. The van der Waals surface area contributed by atoms with Crippen LogP contribution in [-0.4, -0.2) is 6.61 Å². The van der Waals surface area contributed by atoms with Gasteiger partial charge in [0.15, 0.2) is 0 Å². The predicted molar refractivity (Wildman–Crippen MR) is 112 cm³/mol. The second-order valence-corrected chi connectivity index (χ2v) is 6.84. The summed E-state index contributed by atoms with van der Waals surface area (Å²) < 4.78 is 5.80. The standard InChI is InChI=1S/C25H32O/c1-3-5-7-8-9-21-26-25-19-17-24(18-20-25)16-15-23-13-11-22(12-14-23)10-6-4-2/h11-14,17-20H,3-10,21H2,1-2H3. The molecule has 0 bridgehead atoms. The van der Waals surface area contributed by atoms with Gasteiger partial charge in [-0.3, -0.25) is 0 Å². The van der Waals surface area contributed by atoms with Gasteiger partial charge >= 0.3 is 0 Å². The highest BCUT2D eigenvalue weighted by Crippen LogP contribution is 2.13. The van der Waals surface area contributed by atoms with Crippen molar-refractivity contribution in [2.75, 3.05) is 6.61 Å². The van der Waals surface area contributed by atoms with Gasteiger partial charge < -0.3 is 4.74 Å². The van der Waals surface area contributed by atoms with Gasteiger partial charge in [-0.05, 0) is 61.2 Å². The van der Waals surface area contributed by atoms with E-state index in [0.717, 1.165) is 36.3 Å². The summed E-state index contributed by atoms with van der Waals surface area (Å²) in [6.45, 7) is 5.27. The number of unbranched alkanes of at least 4 members (excludes halogenated alkanes) is 5. The molecule has 2 aromatic carbocycles. The Morgan fingerprint density at radius 1 is 0.654 bits per heavy atom. The molecule has 0 saturated carbocycles. The lowest BCUT2D eigenvalue weighted by Crippen LogP contribution is -1.97. The van der Waals surface area contributed by atoms with Gasteiger partial charge in [0.1, 0.15) is 5.75 Å². The Kier molecular flexibility index (Phi) is 9.44. The maximum atomic E-state index is 5.80. The molecule has 0 aliphatic rings. The van der Waals surface area contributed by atoms with Crippen LogP contribution in [-0.2, 0) is 6.42 Å². The maximum absolute atomic E-state index is 5.80. The number of ether oxygens (including phenoxy) is 1. The third kappa shape index (κ3) is 7.79. The summed E-state index contributed by atoms with van der Waals surface area (Å²) in [6, 6.07) is 16.7. The quantitative estimate of drug-likeness (QED) is 0.340. The van der Waals surface area contributed by atoms with Crippen LogP contribution in [0.1, 0.15) is 75.5 Å². The predicted octanol–water partition coefficient (Wildman–Crippen LogP) is 6.78. The molecular weight excluding hydrogens is 316 g/mol. The van der Waals surface area contributed by atoms with Crippen molar-refractivity contribution in [3.8, 4) is 17.6 Å². The number of benzene rings is 2. The number of hydrogen-bond donors (Lipinski definition) is 0. The smallest absolute Gasteiger partial charge is 0.119 e. The Balaban J connectivity index is 1.79. The monoisotopic (exact) mass is 348 g/mol. The SMILES string of the molecule is CCCCCCCOc1ccc(C#Cc2ccc(CCCC)cc2)cc1. The molecular formula is C25H32O. The van der Waals surface area contributed by atoms with E-state index in [-0.39, 0.29) is 0 Å². The summed E-state index contributed by atoms with van der Waals surface area (Å²) >= 11 is 0.